The predicted octanol–water partition coefficient (Wildman–Crippen LogP) is 2.60. The van der Waals surface area contributed by atoms with Crippen molar-refractivity contribution in [3.8, 4) is 5.75 Å². The van der Waals surface area contributed by atoms with E-state index in [1.807, 2.05) is 0 Å². The molecule has 1 rings (SSSR count). The van der Waals surface area contributed by atoms with Crippen LogP contribution in [0.5, 0.6) is 5.75 Å². The zero-order valence-electron chi connectivity index (χ0n) is 9.63. The Balaban J connectivity index is 2.96. The Labute approximate surface area is 99.5 Å². The fraction of sp³-hybridized carbons (Fsp3) is 0.333. The summed E-state index contributed by atoms with van der Waals surface area (Å²) in [7, 11) is 0. The molecular formula is C12H15NO4. The average molecular weight is 237 g/mol. The molecule has 0 radical (unpaired) electrons. The van der Waals surface area contributed by atoms with Crippen LogP contribution in [0.1, 0.15) is 25.0 Å². The minimum atomic E-state index is -0.811. The van der Waals surface area contributed by atoms with Crippen molar-refractivity contribution >= 4 is 5.69 Å². The highest BCUT2D eigenvalue weighted by Crippen LogP contribution is 2.29. The average Bonchev–Trinajstić information content (AvgIpc) is 2.29. The first-order valence-corrected chi connectivity index (χ1v) is 5.26. The van der Waals surface area contributed by atoms with Gasteiger partial charge in [-0.1, -0.05) is 6.08 Å². The second-order valence-corrected chi connectivity index (χ2v) is 3.58. The number of hydrogen-bond acceptors (Lipinski definition) is 4. The Morgan fingerprint density at radius 1 is 1.65 bits per heavy atom. The lowest BCUT2D eigenvalue weighted by Gasteiger charge is -2.12. The van der Waals surface area contributed by atoms with Crippen LogP contribution < -0.4 is 4.74 Å². The first-order chi connectivity index (χ1) is 8.06. The maximum atomic E-state index is 10.6. The van der Waals surface area contributed by atoms with Crippen LogP contribution in [-0.4, -0.2) is 16.6 Å². The van der Waals surface area contributed by atoms with Crippen LogP contribution in [-0.2, 0) is 0 Å². The monoisotopic (exact) mass is 237 g/mol. The lowest BCUT2D eigenvalue weighted by Crippen LogP contribution is -2.02. The first kappa shape index (κ1) is 13.2. The summed E-state index contributed by atoms with van der Waals surface area (Å²) >= 11 is 0. The van der Waals surface area contributed by atoms with E-state index in [9.17, 15) is 15.2 Å². The van der Waals surface area contributed by atoms with E-state index >= 15 is 0 Å². The van der Waals surface area contributed by atoms with Gasteiger partial charge in [-0.3, -0.25) is 10.1 Å². The van der Waals surface area contributed by atoms with Crippen molar-refractivity contribution in [3.05, 3.63) is 46.5 Å². The molecule has 0 aliphatic rings. The first-order valence-electron chi connectivity index (χ1n) is 5.26. The van der Waals surface area contributed by atoms with E-state index in [-0.39, 0.29) is 5.69 Å². The van der Waals surface area contributed by atoms with Gasteiger partial charge in [0.25, 0.3) is 5.69 Å². The maximum absolute atomic E-state index is 10.6. The normalized spacial score (nSPS) is 11.9. The van der Waals surface area contributed by atoms with Gasteiger partial charge in [0.15, 0.2) is 0 Å². The number of nitro groups is 1. The minimum absolute atomic E-state index is 0.0584. The largest absolute Gasteiger partial charge is 0.493 e. The minimum Gasteiger partial charge on any atom is -0.493 e. The molecule has 0 amide bonds. The van der Waals surface area contributed by atoms with E-state index in [0.717, 1.165) is 0 Å². The topological polar surface area (TPSA) is 72.6 Å². The van der Waals surface area contributed by atoms with Crippen molar-refractivity contribution in [1.82, 2.24) is 0 Å². The van der Waals surface area contributed by atoms with E-state index in [2.05, 4.69) is 6.58 Å². The smallest absolute Gasteiger partial charge is 0.270 e. The molecule has 0 heterocycles. The summed E-state index contributed by atoms with van der Waals surface area (Å²) in [5.41, 5.74) is 0.361. The number of aliphatic hydroxyl groups excluding tert-OH is 1. The van der Waals surface area contributed by atoms with Gasteiger partial charge < -0.3 is 9.84 Å². The van der Waals surface area contributed by atoms with Crippen LogP contribution in [0.2, 0.25) is 0 Å². The second-order valence-electron chi connectivity index (χ2n) is 3.58. The fourth-order valence-electron chi connectivity index (χ4n) is 1.36. The van der Waals surface area contributed by atoms with Gasteiger partial charge in [0.2, 0.25) is 0 Å². The number of nitrogens with zero attached hydrogens (tertiary/aromatic N) is 1. The summed E-state index contributed by atoms with van der Waals surface area (Å²) in [6.45, 7) is 5.54. The number of aliphatic hydroxyl groups is 1. The molecule has 0 aliphatic carbocycles. The number of ether oxygens (including phenoxy) is 1. The van der Waals surface area contributed by atoms with E-state index in [4.69, 9.17) is 4.74 Å². The van der Waals surface area contributed by atoms with Gasteiger partial charge in [0, 0.05) is 17.7 Å². The molecule has 5 nitrogen and oxygen atoms in total. The van der Waals surface area contributed by atoms with Crippen LogP contribution >= 0.6 is 0 Å². The lowest BCUT2D eigenvalue weighted by atomic mass is 10.1. The third kappa shape index (κ3) is 3.57. The maximum Gasteiger partial charge on any atom is 0.270 e. The van der Waals surface area contributed by atoms with Crippen LogP contribution in [0.3, 0.4) is 0 Å². The summed E-state index contributed by atoms with van der Waals surface area (Å²) in [5, 5.41) is 20.2. The predicted molar refractivity (Wildman–Crippen MR) is 64.0 cm³/mol. The van der Waals surface area contributed by atoms with Crippen molar-refractivity contribution in [2.75, 3.05) is 6.61 Å². The number of rotatable bonds is 6. The third-order valence-corrected chi connectivity index (χ3v) is 2.23. The molecule has 0 aromatic heterocycles. The Bertz CT molecular complexity index is 415. The molecule has 0 saturated carbocycles. The van der Waals surface area contributed by atoms with Gasteiger partial charge in [-0.2, -0.15) is 0 Å². The standard InChI is InChI=1S/C12H15NO4/c1-3-4-7-17-12-6-5-10(13(15)16)8-11(12)9(2)14/h3,5-6,8-9,14H,1,4,7H2,2H3/t9-/m1/s1. The Hall–Kier alpha value is -1.88. The molecular weight excluding hydrogens is 222 g/mol. The molecule has 0 unspecified atom stereocenters. The zero-order chi connectivity index (χ0) is 12.8. The summed E-state index contributed by atoms with van der Waals surface area (Å²) in [5.74, 6) is 0.465. The molecule has 1 aromatic rings. The lowest BCUT2D eigenvalue weighted by molar-refractivity contribution is -0.385. The molecule has 1 N–H and O–H groups in total. The highest BCUT2D eigenvalue weighted by atomic mass is 16.6. The van der Waals surface area contributed by atoms with Gasteiger partial charge in [-0.25, -0.2) is 0 Å². The molecule has 5 heteroatoms. The van der Waals surface area contributed by atoms with Crippen molar-refractivity contribution in [2.24, 2.45) is 0 Å². The van der Waals surface area contributed by atoms with Crippen molar-refractivity contribution < 1.29 is 14.8 Å². The third-order valence-electron chi connectivity index (χ3n) is 2.23. The molecule has 0 aliphatic heterocycles. The van der Waals surface area contributed by atoms with Crippen LogP contribution in [0.25, 0.3) is 0 Å². The van der Waals surface area contributed by atoms with E-state index in [1.165, 1.54) is 18.2 Å². The van der Waals surface area contributed by atoms with Gasteiger partial charge >= 0.3 is 0 Å². The molecule has 0 saturated heterocycles. The molecule has 1 atom stereocenters. The highest BCUT2D eigenvalue weighted by Gasteiger charge is 2.15. The molecule has 92 valence electrons. The zero-order valence-corrected chi connectivity index (χ0v) is 9.63. The molecule has 1 aromatic carbocycles. The van der Waals surface area contributed by atoms with Crippen LogP contribution in [0.15, 0.2) is 30.9 Å². The van der Waals surface area contributed by atoms with E-state index < -0.39 is 11.0 Å². The van der Waals surface area contributed by atoms with Crippen LogP contribution in [0.4, 0.5) is 5.69 Å². The molecule has 17 heavy (non-hydrogen) atoms. The number of nitro benzene ring substituents is 1. The SMILES string of the molecule is C=CCCOc1ccc([N+](=O)[O-])cc1[C@@H](C)O. The summed E-state index contributed by atoms with van der Waals surface area (Å²) in [6.07, 6.45) is 1.58. The number of benzene rings is 1. The van der Waals surface area contributed by atoms with Crippen molar-refractivity contribution in [1.29, 1.82) is 0 Å². The number of hydrogen-bond donors (Lipinski definition) is 1. The molecule has 0 fully saturated rings. The Kier molecular flexibility index (Phi) is 4.66. The fourth-order valence-corrected chi connectivity index (χ4v) is 1.36. The molecule has 0 bridgehead atoms. The number of non-ortho nitro benzene ring substituents is 1. The van der Waals surface area contributed by atoms with Gasteiger partial charge in [-0.15, -0.1) is 6.58 Å². The summed E-state index contributed by atoms with van der Waals surface area (Å²) < 4.78 is 5.42. The van der Waals surface area contributed by atoms with E-state index in [1.54, 1.807) is 13.0 Å². The van der Waals surface area contributed by atoms with Gasteiger partial charge in [0.1, 0.15) is 5.75 Å². The molecule has 0 spiro atoms. The quantitative estimate of drug-likeness (QED) is 0.357. The van der Waals surface area contributed by atoms with E-state index in [0.29, 0.717) is 24.3 Å². The Morgan fingerprint density at radius 2 is 2.35 bits per heavy atom. The van der Waals surface area contributed by atoms with Gasteiger partial charge in [-0.05, 0) is 19.4 Å². The van der Waals surface area contributed by atoms with Crippen molar-refractivity contribution in [3.63, 3.8) is 0 Å². The second kappa shape index (κ2) is 6.00. The van der Waals surface area contributed by atoms with Crippen LogP contribution in [0, 0.1) is 10.1 Å². The Morgan fingerprint density at radius 3 is 2.88 bits per heavy atom. The van der Waals surface area contributed by atoms with Gasteiger partial charge in [0.05, 0.1) is 17.6 Å². The van der Waals surface area contributed by atoms with Crippen molar-refractivity contribution in [2.45, 2.75) is 19.4 Å². The summed E-state index contributed by atoms with van der Waals surface area (Å²) in [6, 6.07) is 4.19. The summed E-state index contributed by atoms with van der Waals surface area (Å²) in [4.78, 5) is 10.1. The highest BCUT2D eigenvalue weighted by molar-refractivity contribution is 5.44.